The smallest absolute Gasteiger partial charge is 0.268 e. The fraction of sp³-hybridized carbons (Fsp3) is 0.684. The van der Waals surface area contributed by atoms with E-state index in [1.807, 2.05) is 6.07 Å². The topological polar surface area (TPSA) is 57.8 Å². The first-order valence-electron chi connectivity index (χ1n) is 8.79. The normalized spacial score (nSPS) is 32.3. The number of aromatic nitrogens is 2. The Hall–Kier alpha value is -1.36. The molecule has 0 saturated heterocycles. The van der Waals surface area contributed by atoms with Crippen molar-refractivity contribution >= 4 is 27.6 Å². The number of amides is 1. The van der Waals surface area contributed by atoms with Gasteiger partial charge in [0.25, 0.3) is 5.91 Å². The summed E-state index contributed by atoms with van der Waals surface area (Å²) in [5, 5.41) is 3.32. The summed E-state index contributed by atoms with van der Waals surface area (Å²) in [6.45, 7) is 14.3. The van der Waals surface area contributed by atoms with E-state index < -0.39 is 0 Å². The van der Waals surface area contributed by atoms with Crippen molar-refractivity contribution in [3.05, 3.63) is 17.3 Å². The minimum Gasteiger partial charge on any atom is -0.347 e. The van der Waals surface area contributed by atoms with Crippen molar-refractivity contribution in [2.45, 2.75) is 54.0 Å². The highest BCUT2D eigenvalue weighted by Gasteiger charge is 2.70. The standard InChI is InChI=1S/C19H27N3OS/c1-17(2)12-8-13(19(5,6)16(17)18(12,3)4)22-15(23)10-7-11-14(21-10)20-9-24-11/h7,9,12-13,16,21H,8H2,1-6H3,(H,22,23)/t12?,13-,16?/m0/s1. The van der Waals surface area contributed by atoms with E-state index in [1.165, 1.54) is 0 Å². The summed E-state index contributed by atoms with van der Waals surface area (Å²) in [5.74, 6) is 1.26. The Morgan fingerprint density at radius 1 is 1.21 bits per heavy atom. The molecule has 0 aliphatic heterocycles. The van der Waals surface area contributed by atoms with E-state index >= 15 is 0 Å². The van der Waals surface area contributed by atoms with Gasteiger partial charge in [-0.2, -0.15) is 0 Å². The van der Waals surface area contributed by atoms with Crippen LogP contribution < -0.4 is 5.32 Å². The first-order valence-corrected chi connectivity index (χ1v) is 9.67. The number of nitrogens with zero attached hydrogens (tertiary/aromatic N) is 1. The van der Waals surface area contributed by atoms with Crippen LogP contribution >= 0.6 is 11.3 Å². The van der Waals surface area contributed by atoms with Crippen molar-refractivity contribution in [1.29, 1.82) is 0 Å². The molecule has 1 atom stereocenters. The molecule has 5 heteroatoms. The van der Waals surface area contributed by atoms with E-state index in [0.717, 1.165) is 16.8 Å². The van der Waals surface area contributed by atoms with Crippen molar-refractivity contribution < 1.29 is 4.79 Å². The largest absolute Gasteiger partial charge is 0.347 e. The molecule has 0 spiro atoms. The van der Waals surface area contributed by atoms with E-state index in [9.17, 15) is 4.79 Å². The quantitative estimate of drug-likeness (QED) is 0.845. The molecule has 3 fully saturated rings. The highest BCUT2D eigenvalue weighted by Crippen LogP contribution is 2.74. The van der Waals surface area contributed by atoms with Crippen molar-refractivity contribution in [3.63, 3.8) is 0 Å². The number of fused-ring (bicyclic) bond motifs is 3. The molecule has 2 aromatic rings. The summed E-state index contributed by atoms with van der Waals surface area (Å²) in [4.78, 5) is 20.1. The molecular weight excluding hydrogens is 318 g/mol. The Morgan fingerprint density at radius 3 is 2.46 bits per heavy atom. The maximum Gasteiger partial charge on any atom is 0.268 e. The predicted molar refractivity (Wildman–Crippen MR) is 98.2 cm³/mol. The van der Waals surface area contributed by atoms with Crippen LogP contribution in [0.2, 0.25) is 0 Å². The molecular formula is C19H27N3OS. The number of aromatic amines is 1. The fourth-order valence-electron chi connectivity index (χ4n) is 6.84. The number of rotatable bonds is 2. The number of hydrogen-bond acceptors (Lipinski definition) is 3. The van der Waals surface area contributed by atoms with Crippen LogP contribution in [0.15, 0.2) is 11.6 Å². The van der Waals surface area contributed by atoms with E-state index in [0.29, 0.717) is 28.4 Å². The Kier molecular flexibility index (Phi) is 3.11. The van der Waals surface area contributed by atoms with Crippen LogP contribution in [0.25, 0.3) is 10.3 Å². The molecule has 2 N–H and O–H groups in total. The van der Waals surface area contributed by atoms with Crippen LogP contribution in [0, 0.1) is 28.1 Å². The summed E-state index contributed by atoms with van der Waals surface area (Å²) in [5.41, 5.74) is 4.02. The van der Waals surface area contributed by atoms with Crippen LogP contribution in [-0.4, -0.2) is 21.9 Å². The molecule has 1 amide bonds. The average molecular weight is 346 g/mol. The van der Waals surface area contributed by atoms with Gasteiger partial charge in [0.2, 0.25) is 0 Å². The maximum absolute atomic E-state index is 12.7. The lowest BCUT2D eigenvalue weighted by molar-refractivity contribution is -0.260. The zero-order chi connectivity index (χ0) is 17.5. The third kappa shape index (κ3) is 1.91. The van der Waals surface area contributed by atoms with Crippen molar-refractivity contribution in [3.8, 4) is 0 Å². The van der Waals surface area contributed by atoms with Gasteiger partial charge in [0, 0.05) is 6.04 Å². The summed E-state index contributed by atoms with van der Waals surface area (Å²) in [6, 6.07) is 2.13. The van der Waals surface area contributed by atoms with Crippen LogP contribution in [0.1, 0.15) is 58.5 Å². The Morgan fingerprint density at radius 2 is 1.88 bits per heavy atom. The van der Waals surface area contributed by atoms with Gasteiger partial charge in [0.05, 0.1) is 10.2 Å². The monoisotopic (exact) mass is 345 g/mol. The number of carbonyl (C=O) groups excluding carboxylic acids is 1. The molecule has 3 saturated carbocycles. The summed E-state index contributed by atoms with van der Waals surface area (Å²) < 4.78 is 1.04. The Bertz CT molecular complexity index is 769. The molecule has 3 aliphatic rings. The average Bonchev–Trinajstić information content (AvgIpc) is 3.00. The van der Waals surface area contributed by atoms with E-state index in [-0.39, 0.29) is 17.4 Å². The van der Waals surface area contributed by atoms with E-state index in [2.05, 4.69) is 56.8 Å². The number of nitrogens with one attached hydrogen (secondary N) is 2. The molecule has 0 radical (unpaired) electrons. The molecule has 0 unspecified atom stereocenters. The minimum absolute atomic E-state index is 0.00446. The van der Waals surface area contributed by atoms with Gasteiger partial charge in [-0.3, -0.25) is 4.79 Å². The summed E-state index contributed by atoms with van der Waals surface area (Å²) >= 11 is 1.56. The number of carbonyl (C=O) groups is 1. The van der Waals surface area contributed by atoms with Gasteiger partial charge < -0.3 is 10.3 Å². The first kappa shape index (κ1) is 16.1. The molecule has 2 bridgehead atoms. The van der Waals surface area contributed by atoms with Crippen LogP contribution in [0.5, 0.6) is 0 Å². The van der Waals surface area contributed by atoms with Crippen LogP contribution in [0.4, 0.5) is 0 Å². The van der Waals surface area contributed by atoms with Gasteiger partial charge in [-0.25, -0.2) is 4.98 Å². The van der Waals surface area contributed by atoms with Gasteiger partial charge in [-0.1, -0.05) is 41.5 Å². The Labute approximate surface area is 147 Å². The van der Waals surface area contributed by atoms with Crippen LogP contribution in [0.3, 0.4) is 0 Å². The van der Waals surface area contributed by atoms with Gasteiger partial charge in [0.1, 0.15) is 11.3 Å². The first-order chi connectivity index (χ1) is 11.1. The predicted octanol–water partition coefficient (Wildman–Crippen LogP) is 4.45. The lowest BCUT2D eigenvalue weighted by atomic mass is 9.30. The maximum atomic E-state index is 12.7. The molecule has 2 heterocycles. The highest BCUT2D eigenvalue weighted by atomic mass is 32.1. The molecule has 24 heavy (non-hydrogen) atoms. The fourth-order valence-corrected chi connectivity index (χ4v) is 7.51. The van der Waals surface area contributed by atoms with Crippen molar-refractivity contribution in [2.24, 2.45) is 28.1 Å². The van der Waals surface area contributed by atoms with E-state index in [1.54, 1.807) is 16.8 Å². The van der Waals surface area contributed by atoms with E-state index in [4.69, 9.17) is 0 Å². The zero-order valence-electron chi connectivity index (χ0n) is 15.4. The molecule has 5 rings (SSSR count). The van der Waals surface area contributed by atoms with Gasteiger partial charge in [-0.05, 0) is 40.6 Å². The molecule has 130 valence electrons. The van der Waals surface area contributed by atoms with Gasteiger partial charge in [0.15, 0.2) is 0 Å². The molecule has 4 nitrogen and oxygen atoms in total. The van der Waals surface area contributed by atoms with Crippen molar-refractivity contribution in [2.75, 3.05) is 0 Å². The lowest BCUT2D eigenvalue weighted by Crippen LogP contribution is -2.73. The number of thiazole rings is 1. The summed E-state index contributed by atoms with van der Waals surface area (Å²) in [7, 11) is 0. The third-order valence-corrected chi connectivity index (χ3v) is 7.85. The second-order valence-corrected chi connectivity index (χ2v) is 10.3. The summed E-state index contributed by atoms with van der Waals surface area (Å²) in [6.07, 6.45) is 1.06. The highest BCUT2D eigenvalue weighted by molar-refractivity contribution is 7.16. The van der Waals surface area contributed by atoms with Gasteiger partial charge >= 0.3 is 0 Å². The Balaban J connectivity index is 1.57. The second kappa shape index (κ2) is 4.63. The van der Waals surface area contributed by atoms with Gasteiger partial charge in [-0.15, -0.1) is 11.3 Å². The molecule has 0 aromatic carbocycles. The molecule has 2 aromatic heterocycles. The molecule has 3 aliphatic carbocycles. The zero-order valence-corrected chi connectivity index (χ0v) is 16.2. The lowest BCUT2D eigenvalue weighted by Gasteiger charge is -2.75. The number of hydrogen-bond donors (Lipinski definition) is 2. The van der Waals surface area contributed by atoms with Crippen molar-refractivity contribution in [1.82, 2.24) is 15.3 Å². The van der Waals surface area contributed by atoms with Crippen LogP contribution in [-0.2, 0) is 0 Å². The SMILES string of the molecule is CC1(C)C2C[C@H](NC(=O)c3cc4scnc4[nH]3)C(C)(C)C1C2(C)C. The third-order valence-electron chi connectivity index (χ3n) is 7.07. The number of H-pyrrole nitrogens is 1. The second-order valence-electron chi connectivity index (χ2n) is 9.46. The minimum atomic E-state index is -0.00446.